The van der Waals surface area contributed by atoms with Crippen LogP contribution in [0.25, 0.3) is 0 Å². The SMILES string of the molecule is CC(CCCn1cc(CCO)c(=O)[nH]c1=O)C(=O)O. The maximum atomic E-state index is 11.5. The number of nitrogens with one attached hydrogen (secondary N) is 1. The first-order chi connectivity index (χ1) is 8.95. The molecule has 0 amide bonds. The highest BCUT2D eigenvalue weighted by atomic mass is 16.4. The number of carbonyl (C=O) groups is 1. The Morgan fingerprint density at radius 1 is 1.47 bits per heavy atom. The molecule has 7 heteroatoms. The van der Waals surface area contributed by atoms with Gasteiger partial charge >= 0.3 is 11.7 Å². The van der Waals surface area contributed by atoms with Gasteiger partial charge in [0.1, 0.15) is 0 Å². The number of hydrogen-bond acceptors (Lipinski definition) is 4. The first-order valence-electron chi connectivity index (χ1n) is 6.12. The molecule has 1 aromatic heterocycles. The van der Waals surface area contributed by atoms with E-state index in [-0.39, 0.29) is 13.0 Å². The fourth-order valence-electron chi connectivity index (χ4n) is 1.71. The standard InChI is InChI=1S/C12H18N2O5/c1-8(11(17)18)3-2-5-14-7-9(4-6-15)10(16)13-12(14)19/h7-8,15H,2-6H2,1H3,(H,17,18)(H,13,16,19). The van der Waals surface area contributed by atoms with Gasteiger partial charge in [-0.3, -0.25) is 14.6 Å². The van der Waals surface area contributed by atoms with Crippen molar-refractivity contribution in [1.29, 1.82) is 0 Å². The predicted molar refractivity (Wildman–Crippen MR) is 68.1 cm³/mol. The van der Waals surface area contributed by atoms with Gasteiger partial charge in [-0.25, -0.2) is 4.79 Å². The molecule has 7 nitrogen and oxygen atoms in total. The van der Waals surface area contributed by atoms with E-state index in [1.807, 2.05) is 0 Å². The number of aryl methyl sites for hydroxylation is 1. The average molecular weight is 270 g/mol. The number of aromatic amines is 1. The van der Waals surface area contributed by atoms with E-state index in [2.05, 4.69) is 4.98 Å². The van der Waals surface area contributed by atoms with Gasteiger partial charge in [0.2, 0.25) is 0 Å². The van der Waals surface area contributed by atoms with Crippen molar-refractivity contribution in [1.82, 2.24) is 9.55 Å². The molecule has 0 saturated carbocycles. The van der Waals surface area contributed by atoms with E-state index in [1.165, 1.54) is 10.8 Å². The number of aliphatic hydroxyl groups excluding tert-OH is 1. The Kier molecular flexibility index (Phi) is 5.50. The van der Waals surface area contributed by atoms with Crippen molar-refractivity contribution >= 4 is 5.97 Å². The number of aromatic nitrogens is 2. The zero-order chi connectivity index (χ0) is 14.4. The Labute approximate surface area is 109 Å². The first-order valence-corrected chi connectivity index (χ1v) is 6.12. The zero-order valence-electron chi connectivity index (χ0n) is 10.8. The minimum absolute atomic E-state index is 0.169. The molecule has 0 saturated heterocycles. The minimum Gasteiger partial charge on any atom is -0.481 e. The third kappa shape index (κ3) is 4.36. The predicted octanol–water partition coefficient (Wildman–Crippen LogP) is -0.428. The Morgan fingerprint density at radius 3 is 2.74 bits per heavy atom. The van der Waals surface area contributed by atoms with Crippen molar-refractivity contribution in [3.63, 3.8) is 0 Å². The van der Waals surface area contributed by atoms with Gasteiger partial charge in [0.25, 0.3) is 5.56 Å². The third-order valence-corrected chi connectivity index (χ3v) is 2.92. The van der Waals surface area contributed by atoms with E-state index in [0.29, 0.717) is 24.9 Å². The fraction of sp³-hybridized carbons (Fsp3) is 0.583. The zero-order valence-corrected chi connectivity index (χ0v) is 10.8. The van der Waals surface area contributed by atoms with Crippen LogP contribution in [0.15, 0.2) is 15.8 Å². The molecule has 19 heavy (non-hydrogen) atoms. The minimum atomic E-state index is -0.866. The lowest BCUT2D eigenvalue weighted by Crippen LogP contribution is -2.32. The van der Waals surface area contributed by atoms with Crippen LogP contribution in [0.5, 0.6) is 0 Å². The quantitative estimate of drug-likeness (QED) is 0.622. The van der Waals surface area contributed by atoms with Gasteiger partial charge in [-0.2, -0.15) is 0 Å². The number of aliphatic hydroxyl groups is 1. The Balaban J connectivity index is 2.73. The van der Waals surface area contributed by atoms with E-state index in [4.69, 9.17) is 10.2 Å². The van der Waals surface area contributed by atoms with Gasteiger partial charge in [0.15, 0.2) is 0 Å². The number of carboxylic acid groups (broad SMARTS) is 1. The summed E-state index contributed by atoms with van der Waals surface area (Å²) in [6.45, 7) is 1.78. The maximum absolute atomic E-state index is 11.5. The van der Waals surface area contributed by atoms with Crippen molar-refractivity contribution in [2.24, 2.45) is 5.92 Å². The second-order valence-electron chi connectivity index (χ2n) is 4.46. The second-order valence-corrected chi connectivity index (χ2v) is 4.46. The number of hydrogen-bond donors (Lipinski definition) is 3. The number of rotatable bonds is 7. The highest BCUT2D eigenvalue weighted by molar-refractivity contribution is 5.69. The van der Waals surface area contributed by atoms with Crippen LogP contribution in [-0.2, 0) is 17.8 Å². The van der Waals surface area contributed by atoms with Crippen molar-refractivity contribution < 1.29 is 15.0 Å². The number of carboxylic acids is 1. The molecular weight excluding hydrogens is 252 g/mol. The largest absolute Gasteiger partial charge is 0.481 e. The van der Waals surface area contributed by atoms with Crippen molar-refractivity contribution in [2.45, 2.75) is 32.7 Å². The van der Waals surface area contributed by atoms with Crippen molar-refractivity contribution in [2.75, 3.05) is 6.61 Å². The molecule has 0 aliphatic carbocycles. The van der Waals surface area contributed by atoms with Crippen molar-refractivity contribution in [3.8, 4) is 0 Å². The molecule has 1 unspecified atom stereocenters. The summed E-state index contributed by atoms with van der Waals surface area (Å²) in [4.78, 5) is 35.8. The highest BCUT2D eigenvalue weighted by Gasteiger charge is 2.10. The number of nitrogens with zero attached hydrogens (tertiary/aromatic N) is 1. The molecule has 1 rings (SSSR count). The Hall–Kier alpha value is -1.89. The summed E-state index contributed by atoms with van der Waals surface area (Å²) in [5.41, 5.74) is -0.669. The normalized spacial score (nSPS) is 12.3. The molecule has 0 aliphatic rings. The summed E-state index contributed by atoms with van der Waals surface area (Å²) in [7, 11) is 0. The lowest BCUT2D eigenvalue weighted by Gasteiger charge is -2.08. The van der Waals surface area contributed by atoms with Crippen LogP contribution < -0.4 is 11.2 Å². The van der Waals surface area contributed by atoms with Gasteiger partial charge in [-0.1, -0.05) is 6.92 Å². The summed E-state index contributed by atoms with van der Waals surface area (Å²) in [5, 5.41) is 17.5. The van der Waals surface area contributed by atoms with Gasteiger partial charge < -0.3 is 14.8 Å². The average Bonchev–Trinajstić information content (AvgIpc) is 2.34. The molecular formula is C12H18N2O5. The van der Waals surface area contributed by atoms with Crippen molar-refractivity contribution in [3.05, 3.63) is 32.6 Å². The van der Waals surface area contributed by atoms with Crippen LogP contribution in [0.3, 0.4) is 0 Å². The molecule has 0 aliphatic heterocycles. The van der Waals surface area contributed by atoms with E-state index in [0.717, 1.165) is 0 Å². The van der Waals surface area contributed by atoms with Crippen LogP contribution in [0.1, 0.15) is 25.3 Å². The molecule has 0 fully saturated rings. The Morgan fingerprint density at radius 2 is 2.16 bits per heavy atom. The van der Waals surface area contributed by atoms with E-state index in [9.17, 15) is 14.4 Å². The summed E-state index contributed by atoms with van der Waals surface area (Å²) < 4.78 is 1.33. The van der Waals surface area contributed by atoms with Crippen LogP contribution in [0.2, 0.25) is 0 Å². The van der Waals surface area contributed by atoms with Gasteiger partial charge in [-0.05, 0) is 12.8 Å². The van der Waals surface area contributed by atoms with E-state index < -0.39 is 23.1 Å². The number of H-pyrrole nitrogens is 1. The molecule has 0 radical (unpaired) electrons. The molecule has 0 spiro atoms. The lowest BCUT2D eigenvalue weighted by molar-refractivity contribution is -0.141. The highest BCUT2D eigenvalue weighted by Crippen LogP contribution is 2.06. The maximum Gasteiger partial charge on any atom is 0.328 e. The Bertz CT molecular complexity index is 546. The first kappa shape index (κ1) is 15.2. The number of aliphatic carboxylic acids is 1. The van der Waals surface area contributed by atoms with Gasteiger partial charge in [0.05, 0.1) is 5.92 Å². The van der Waals surface area contributed by atoms with E-state index >= 15 is 0 Å². The van der Waals surface area contributed by atoms with Crippen LogP contribution in [-0.4, -0.2) is 32.3 Å². The van der Waals surface area contributed by atoms with Crippen LogP contribution >= 0.6 is 0 Å². The summed E-state index contributed by atoms with van der Waals surface area (Å²) in [5.74, 6) is -1.33. The van der Waals surface area contributed by atoms with E-state index in [1.54, 1.807) is 6.92 Å². The summed E-state index contributed by atoms with van der Waals surface area (Å²) >= 11 is 0. The van der Waals surface area contributed by atoms with Gasteiger partial charge in [-0.15, -0.1) is 0 Å². The molecule has 0 bridgehead atoms. The monoisotopic (exact) mass is 270 g/mol. The molecule has 1 atom stereocenters. The molecule has 1 heterocycles. The van der Waals surface area contributed by atoms with Crippen LogP contribution in [0.4, 0.5) is 0 Å². The van der Waals surface area contributed by atoms with Crippen LogP contribution in [0, 0.1) is 5.92 Å². The topological polar surface area (TPSA) is 112 Å². The third-order valence-electron chi connectivity index (χ3n) is 2.92. The molecule has 0 aromatic carbocycles. The molecule has 106 valence electrons. The molecule has 1 aromatic rings. The molecule has 3 N–H and O–H groups in total. The fourth-order valence-corrected chi connectivity index (χ4v) is 1.71. The van der Waals surface area contributed by atoms with Gasteiger partial charge in [0, 0.05) is 31.3 Å². The lowest BCUT2D eigenvalue weighted by atomic mass is 10.1. The smallest absolute Gasteiger partial charge is 0.328 e. The summed E-state index contributed by atoms with van der Waals surface area (Å²) in [6.07, 6.45) is 2.58. The second kappa shape index (κ2) is 6.89. The summed E-state index contributed by atoms with van der Waals surface area (Å²) in [6, 6.07) is 0.